The highest BCUT2D eigenvalue weighted by Crippen LogP contribution is 2.39. The Bertz CT molecular complexity index is 339. The van der Waals surface area contributed by atoms with Gasteiger partial charge in [0.15, 0.2) is 0 Å². The maximum atomic E-state index is 11.2. The second-order valence-electron chi connectivity index (χ2n) is 3.19. The fourth-order valence-corrected chi connectivity index (χ4v) is 2.92. The summed E-state index contributed by atoms with van der Waals surface area (Å²) in [5.41, 5.74) is 6.19. The Morgan fingerprint density at radius 2 is 2.43 bits per heavy atom. The van der Waals surface area contributed by atoms with Gasteiger partial charge in [-0.3, -0.25) is 9.69 Å². The van der Waals surface area contributed by atoms with Crippen molar-refractivity contribution in [3.8, 4) is 0 Å². The molecule has 5 nitrogen and oxygen atoms in total. The Labute approximate surface area is 84.9 Å². The molecule has 0 aliphatic carbocycles. The lowest BCUT2D eigenvalue weighted by Gasteiger charge is -2.43. The summed E-state index contributed by atoms with van der Waals surface area (Å²) in [7, 11) is 0. The highest BCUT2D eigenvalue weighted by molar-refractivity contribution is 8.00. The first-order valence-corrected chi connectivity index (χ1v) is 5.29. The van der Waals surface area contributed by atoms with E-state index in [9.17, 15) is 9.59 Å². The number of nitrogens with zero attached hydrogens (tertiary/aromatic N) is 1. The Morgan fingerprint density at radius 1 is 1.71 bits per heavy atom. The Morgan fingerprint density at radius 3 is 2.93 bits per heavy atom. The first-order valence-electron chi connectivity index (χ1n) is 4.24. The van der Waals surface area contributed by atoms with Crippen LogP contribution in [0.1, 0.15) is 6.42 Å². The van der Waals surface area contributed by atoms with Crippen molar-refractivity contribution in [2.75, 3.05) is 12.3 Å². The van der Waals surface area contributed by atoms with Crippen molar-refractivity contribution >= 4 is 23.6 Å². The number of carboxylic acids is 1. The van der Waals surface area contributed by atoms with Gasteiger partial charge in [-0.1, -0.05) is 0 Å². The van der Waals surface area contributed by atoms with E-state index < -0.39 is 5.97 Å². The summed E-state index contributed by atoms with van der Waals surface area (Å²) in [6.45, 7) is 0.200. The van der Waals surface area contributed by atoms with Crippen LogP contribution in [0.15, 0.2) is 11.3 Å². The van der Waals surface area contributed by atoms with Gasteiger partial charge in [0, 0.05) is 12.3 Å². The molecule has 0 aromatic rings. The molecule has 0 spiro atoms. The fourth-order valence-electron chi connectivity index (χ4n) is 1.63. The second kappa shape index (κ2) is 3.29. The second-order valence-corrected chi connectivity index (χ2v) is 4.36. The van der Waals surface area contributed by atoms with Crippen LogP contribution in [0, 0.1) is 0 Å². The largest absolute Gasteiger partial charge is 0.477 e. The van der Waals surface area contributed by atoms with E-state index in [4.69, 9.17) is 10.8 Å². The molecule has 0 aromatic heterocycles. The summed E-state index contributed by atoms with van der Waals surface area (Å²) in [5, 5.41) is 8.98. The Hall–Kier alpha value is -1.01. The topological polar surface area (TPSA) is 83.6 Å². The van der Waals surface area contributed by atoms with Crippen LogP contribution < -0.4 is 5.73 Å². The van der Waals surface area contributed by atoms with Crippen molar-refractivity contribution < 1.29 is 14.7 Å². The standard InChI is InChI=1S/C8H10N2O3S/c9-2-4-3-14-6-1-5(11)10(6)7(4)8(12)13/h6H,1-3,9H2,(H,12,13)/t6-/m1/s1. The van der Waals surface area contributed by atoms with Gasteiger partial charge in [-0.15, -0.1) is 11.8 Å². The maximum Gasteiger partial charge on any atom is 0.352 e. The minimum absolute atomic E-state index is 0.0175. The molecule has 1 saturated heterocycles. The lowest BCUT2D eigenvalue weighted by molar-refractivity contribution is -0.146. The van der Waals surface area contributed by atoms with Gasteiger partial charge in [0.1, 0.15) is 5.70 Å². The van der Waals surface area contributed by atoms with Crippen molar-refractivity contribution in [1.82, 2.24) is 4.90 Å². The van der Waals surface area contributed by atoms with Crippen LogP contribution in [-0.2, 0) is 9.59 Å². The highest BCUT2D eigenvalue weighted by atomic mass is 32.2. The molecule has 76 valence electrons. The fraction of sp³-hybridized carbons (Fsp3) is 0.500. The van der Waals surface area contributed by atoms with E-state index in [1.54, 1.807) is 11.8 Å². The van der Waals surface area contributed by atoms with Crippen molar-refractivity contribution in [2.45, 2.75) is 11.8 Å². The van der Waals surface area contributed by atoms with Crippen molar-refractivity contribution in [2.24, 2.45) is 5.73 Å². The zero-order chi connectivity index (χ0) is 10.3. The van der Waals surface area contributed by atoms with Crippen LogP contribution in [0.2, 0.25) is 0 Å². The van der Waals surface area contributed by atoms with Gasteiger partial charge in [0.2, 0.25) is 5.91 Å². The number of thioether (sulfide) groups is 1. The highest BCUT2D eigenvalue weighted by Gasteiger charge is 2.44. The Kier molecular flexibility index (Phi) is 2.24. The monoisotopic (exact) mass is 214 g/mol. The number of nitrogens with two attached hydrogens (primary N) is 1. The normalized spacial score (nSPS) is 25.9. The molecule has 6 heteroatoms. The number of carboxylic acid groups (broad SMARTS) is 1. The summed E-state index contributed by atoms with van der Waals surface area (Å²) < 4.78 is 0. The van der Waals surface area contributed by atoms with Crippen molar-refractivity contribution in [1.29, 1.82) is 0 Å². The van der Waals surface area contributed by atoms with Gasteiger partial charge >= 0.3 is 5.97 Å². The average Bonchev–Trinajstić information content (AvgIpc) is 2.15. The molecule has 0 radical (unpaired) electrons. The molecule has 2 rings (SSSR count). The molecule has 0 bridgehead atoms. The predicted octanol–water partition coefficient (Wildman–Crippen LogP) is -0.411. The van der Waals surface area contributed by atoms with Gasteiger partial charge in [-0.25, -0.2) is 4.79 Å². The first-order chi connectivity index (χ1) is 6.65. The minimum atomic E-state index is -1.05. The molecule has 0 saturated carbocycles. The number of β-lactam (4-membered cyclic amide) rings is 1. The molecule has 2 aliphatic rings. The van der Waals surface area contributed by atoms with Crippen LogP contribution in [0.3, 0.4) is 0 Å². The van der Waals surface area contributed by atoms with Gasteiger partial charge in [0.25, 0.3) is 0 Å². The summed E-state index contributed by atoms with van der Waals surface area (Å²) >= 11 is 1.57. The van der Waals surface area contributed by atoms with Crippen LogP contribution in [0.5, 0.6) is 0 Å². The zero-order valence-electron chi connectivity index (χ0n) is 7.40. The maximum absolute atomic E-state index is 11.2. The lowest BCUT2D eigenvalue weighted by atomic mass is 10.1. The molecule has 2 heterocycles. The van der Waals surface area contributed by atoms with E-state index >= 15 is 0 Å². The third-order valence-electron chi connectivity index (χ3n) is 2.38. The number of fused-ring (bicyclic) bond motifs is 1. The van der Waals surface area contributed by atoms with Crippen molar-refractivity contribution in [3.05, 3.63) is 11.3 Å². The average molecular weight is 214 g/mol. The number of hydrogen-bond donors (Lipinski definition) is 2. The van der Waals surface area contributed by atoms with Crippen LogP contribution in [0.4, 0.5) is 0 Å². The molecule has 0 unspecified atom stereocenters. The van der Waals surface area contributed by atoms with Crippen LogP contribution in [-0.4, -0.2) is 39.6 Å². The molecular weight excluding hydrogens is 204 g/mol. The molecule has 1 fully saturated rings. The summed E-state index contributed by atoms with van der Waals surface area (Å²) in [4.78, 5) is 23.5. The van der Waals surface area contributed by atoms with E-state index in [1.807, 2.05) is 0 Å². The third-order valence-corrected chi connectivity index (χ3v) is 3.66. The number of rotatable bonds is 2. The number of amides is 1. The number of carbonyl (C=O) groups is 2. The summed E-state index contributed by atoms with van der Waals surface area (Å²) in [6, 6.07) is 0. The minimum Gasteiger partial charge on any atom is -0.477 e. The number of aliphatic carboxylic acids is 1. The zero-order valence-corrected chi connectivity index (χ0v) is 8.21. The van der Waals surface area contributed by atoms with E-state index in [0.29, 0.717) is 17.7 Å². The van der Waals surface area contributed by atoms with Crippen LogP contribution >= 0.6 is 11.8 Å². The molecule has 14 heavy (non-hydrogen) atoms. The molecule has 1 amide bonds. The van der Waals surface area contributed by atoms with Crippen LogP contribution in [0.25, 0.3) is 0 Å². The van der Waals surface area contributed by atoms with E-state index in [-0.39, 0.29) is 23.5 Å². The number of hydrogen-bond acceptors (Lipinski definition) is 4. The molecule has 1 atom stereocenters. The molecule has 0 aromatic carbocycles. The van der Waals surface area contributed by atoms with Gasteiger partial charge in [-0.05, 0) is 5.57 Å². The smallest absolute Gasteiger partial charge is 0.352 e. The van der Waals surface area contributed by atoms with Crippen molar-refractivity contribution in [3.63, 3.8) is 0 Å². The summed E-state index contributed by atoms with van der Waals surface area (Å²) in [5.74, 6) is -0.554. The first kappa shape index (κ1) is 9.54. The number of carbonyl (C=O) groups excluding carboxylic acids is 1. The molecule has 3 N–H and O–H groups in total. The Balaban J connectivity index is 2.37. The molecular formula is C8H10N2O3S. The predicted molar refractivity (Wildman–Crippen MR) is 51.4 cm³/mol. The lowest BCUT2D eigenvalue weighted by Crippen LogP contribution is -2.54. The van der Waals surface area contributed by atoms with Gasteiger partial charge < -0.3 is 10.8 Å². The SMILES string of the molecule is NCC1=C(C(=O)O)N2C(=O)C[C@H]2SC1. The summed E-state index contributed by atoms with van der Waals surface area (Å²) in [6.07, 6.45) is 0.444. The van der Waals surface area contributed by atoms with E-state index in [2.05, 4.69) is 0 Å². The third kappa shape index (κ3) is 1.22. The van der Waals surface area contributed by atoms with Gasteiger partial charge in [0.05, 0.1) is 11.8 Å². The van der Waals surface area contributed by atoms with E-state index in [1.165, 1.54) is 4.90 Å². The van der Waals surface area contributed by atoms with E-state index in [0.717, 1.165) is 0 Å². The molecule has 2 aliphatic heterocycles. The quantitative estimate of drug-likeness (QED) is 0.610. The van der Waals surface area contributed by atoms with Gasteiger partial charge in [-0.2, -0.15) is 0 Å².